The summed E-state index contributed by atoms with van der Waals surface area (Å²) in [7, 11) is 4.33. The first-order valence-electron chi connectivity index (χ1n) is 13.1. The summed E-state index contributed by atoms with van der Waals surface area (Å²) in [6.07, 6.45) is 0. The Kier molecular flexibility index (Phi) is 5.81. The van der Waals surface area contributed by atoms with E-state index in [9.17, 15) is 0 Å². The molecule has 0 spiro atoms. The molecular formula is C32H18ClCoN8. The van der Waals surface area contributed by atoms with Gasteiger partial charge in [-0.25, -0.2) is 29.9 Å². The molecule has 202 valence electrons. The van der Waals surface area contributed by atoms with E-state index in [-0.39, 0.29) is 0 Å². The maximum absolute atomic E-state index is 5.02. The van der Waals surface area contributed by atoms with E-state index in [0.29, 0.717) is 45.9 Å². The standard InChI is InChI=1S/C32H18N8.ClH.Co/c1-2-10-18-17(9-1)25-33-26(18)38-28-21-13-5-6-14-22(21)30(35-28)40-32-24-16-8-7-15-23(24)31(36-32)39-29-20-12-4-3-11-19(20)27(34-29)37-25;;/h1-16H,(H2,33,34,35,36,37,38,39,40);1H;/q;;+1/p-1. The molecule has 8 bridgehead atoms. The van der Waals surface area contributed by atoms with Gasteiger partial charge < -0.3 is 9.97 Å². The van der Waals surface area contributed by atoms with Crippen LogP contribution in [0.25, 0.3) is 89.7 Å². The fourth-order valence-electron chi connectivity index (χ4n) is 5.59. The van der Waals surface area contributed by atoms with Crippen LogP contribution in [0.5, 0.6) is 0 Å². The average molecular weight is 609 g/mol. The molecule has 0 atom stereocenters. The molecular weight excluding hydrogens is 591 g/mol. The molecule has 2 aliphatic rings. The number of aromatic amines is 2. The Hall–Kier alpha value is -4.96. The van der Waals surface area contributed by atoms with Crippen LogP contribution in [0.15, 0.2) is 97.1 Å². The van der Waals surface area contributed by atoms with Gasteiger partial charge in [0.1, 0.15) is 22.6 Å². The zero-order chi connectivity index (χ0) is 28.2. The Morgan fingerprint density at radius 1 is 0.357 bits per heavy atom. The summed E-state index contributed by atoms with van der Waals surface area (Å²) in [4.78, 5) is 36.8. The molecule has 2 aliphatic heterocycles. The first kappa shape index (κ1) is 24.8. The zero-order valence-corrected chi connectivity index (χ0v) is 23.4. The summed E-state index contributed by atoms with van der Waals surface area (Å²) in [6, 6.07) is 32.2. The molecule has 3 aromatic heterocycles. The van der Waals surface area contributed by atoms with Gasteiger partial charge in [0, 0.05) is 43.8 Å². The predicted octanol–water partition coefficient (Wildman–Crippen LogP) is 7.56. The molecule has 0 unspecified atom stereocenters. The Bertz CT molecular complexity index is 2040. The largest absolute Gasteiger partial charge is 0.324 e. The van der Waals surface area contributed by atoms with E-state index in [1.54, 1.807) is 0 Å². The van der Waals surface area contributed by atoms with Gasteiger partial charge in [0.05, 0.1) is 0 Å². The molecule has 0 radical (unpaired) electrons. The van der Waals surface area contributed by atoms with Crippen molar-refractivity contribution >= 4 is 54.3 Å². The monoisotopic (exact) mass is 608 g/mol. The molecule has 0 amide bonds. The van der Waals surface area contributed by atoms with Crippen molar-refractivity contribution in [2.45, 2.75) is 0 Å². The number of hydrogen-bond donors (Lipinski definition) is 2. The fraction of sp³-hybridized carbons (Fsp3) is 0. The Morgan fingerprint density at radius 3 is 0.857 bits per heavy atom. The maximum atomic E-state index is 5.02. The van der Waals surface area contributed by atoms with Crippen LogP contribution in [0.1, 0.15) is 0 Å². The number of fused-ring (bicyclic) bond motifs is 20. The third kappa shape index (κ3) is 3.82. The van der Waals surface area contributed by atoms with Gasteiger partial charge in [0.15, 0.2) is 23.3 Å². The Balaban J connectivity index is 0.00000131. The van der Waals surface area contributed by atoms with Crippen molar-refractivity contribution in [3.8, 4) is 45.6 Å². The molecule has 0 aliphatic carbocycles. The quantitative estimate of drug-likeness (QED) is 0.184. The molecule has 0 saturated carbocycles. The van der Waals surface area contributed by atoms with Crippen LogP contribution in [-0.2, 0) is 14.8 Å². The number of hydrogen-bond acceptors (Lipinski definition) is 6. The number of rotatable bonds is 0. The van der Waals surface area contributed by atoms with Crippen molar-refractivity contribution in [2.24, 2.45) is 0 Å². The minimum absolute atomic E-state index is 0.597. The van der Waals surface area contributed by atoms with E-state index >= 15 is 0 Å². The van der Waals surface area contributed by atoms with E-state index in [0.717, 1.165) is 43.8 Å². The van der Waals surface area contributed by atoms with Crippen molar-refractivity contribution in [3.63, 3.8) is 0 Å². The molecule has 9 rings (SSSR count). The number of aromatic nitrogens is 8. The second kappa shape index (κ2) is 9.84. The second-order valence-electron chi connectivity index (χ2n) is 9.79. The van der Waals surface area contributed by atoms with Crippen molar-refractivity contribution in [1.29, 1.82) is 0 Å². The van der Waals surface area contributed by atoms with Gasteiger partial charge in [-0.05, 0) is 0 Å². The Morgan fingerprint density at radius 2 is 0.595 bits per heavy atom. The van der Waals surface area contributed by atoms with Gasteiger partial charge in [-0.15, -0.1) is 0 Å². The summed E-state index contributed by atoms with van der Waals surface area (Å²) >= 11 is 3.03. The minimum atomic E-state index is 0.597. The topological polar surface area (TPSA) is 109 Å². The summed E-state index contributed by atoms with van der Waals surface area (Å²) in [5.41, 5.74) is 6.45. The zero-order valence-electron chi connectivity index (χ0n) is 21.6. The van der Waals surface area contributed by atoms with Crippen LogP contribution in [0.3, 0.4) is 0 Å². The van der Waals surface area contributed by atoms with Crippen LogP contribution < -0.4 is 0 Å². The summed E-state index contributed by atoms with van der Waals surface area (Å²) < 4.78 is 0. The van der Waals surface area contributed by atoms with E-state index in [2.05, 4.69) is 35.0 Å². The SMILES string of the molecule is [Cl][Co].c1ccc2c(c1)-c1nc-2nc2[nH]c(nc3nc(nc4[nH]c(n1)c1ccccc41)-c1ccccc1-3)c1ccccc21. The van der Waals surface area contributed by atoms with Gasteiger partial charge in [0.25, 0.3) is 0 Å². The third-order valence-electron chi connectivity index (χ3n) is 7.46. The smallest absolute Gasteiger partial charge is 0.164 e. The summed E-state index contributed by atoms with van der Waals surface area (Å²) in [6.45, 7) is 0. The van der Waals surface area contributed by atoms with Crippen molar-refractivity contribution in [1.82, 2.24) is 39.9 Å². The van der Waals surface area contributed by atoms with Crippen LogP contribution in [0.2, 0.25) is 0 Å². The summed E-state index contributed by atoms with van der Waals surface area (Å²) in [5.74, 6) is 2.39. The van der Waals surface area contributed by atoms with E-state index in [4.69, 9.17) is 29.9 Å². The number of H-pyrrole nitrogens is 2. The molecule has 5 heterocycles. The third-order valence-corrected chi connectivity index (χ3v) is 7.46. The maximum Gasteiger partial charge on any atom is 0.164 e. The van der Waals surface area contributed by atoms with Crippen molar-refractivity contribution in [3.05, 3.63) is 97.1 Å². The second-order valence-corrected chi connectivity index (χ2v) is 9.79. The van der Waals surface area contributed by atoms with Crippen LogP contribution in [0, 0.1) is 0 Å². The molecule has 7 aromatic rings. The predicted molar refractivity (Wildman–Crippen MR) is 162 cm³/mol. The number of nitrogens with zero attached hydrogens (tertiary/aromatic N) is 6. The van der Waals surface area contributed by atoms with E-state index in [1.807, 2.05) is 97.1 Å². The number of benzene rings is 4. The summed E-state index contributed by atoms with van der Waals surface area (Å²) in [5, 5.41) is 3.82. The van der Waals surface area contributed by atoms with Gasteiger partial charge >= 0.3 is 25.0 Å². The van der Waals surface area contributed by atoms with Crippen molar-refractivity contribution in [2.75, 3.05) is 0 Å². The van der Waals surface area contributed by atoms with Gasteiger partial charge in [-0.1, -0.05) is 97.1 Å². The normalized spacial score (nSPS) is 11.6. The Labute approximate surface area is 250 Å². The number of nitrogens with one attached hydrogen (secondary N) is 2. The van der Waals surface area contributed by atoms with Crippen molar-refractivity contribution < 1.29 is 14.8 Å². The molecule has 0 saturated heterocycles. The molecule has 8 nitrogen and oxygen atoms in total. The minimum Gasteiger partial charge on any atom is -0.324 e. The van der Waals surface area contributed by atoms with Crippen LogP contribution >= 0.6 is 10.1 Å². The fourth-order valence-corrected chi connectivity index (χ4v) is 5.59. The molecule has 4 aromatic carbocycles. The van der Waals surface area contributed by atoms with E-state index in [1.165, 1.54) is 0 Å². The average Bonchev–Trinajstić information content (AvgIpc) is 3.78. The number of halogens is 1. The first-order valence-corrected chi connectivity index (χ1v) is 14.6. The van der Waals surface area contributed by atoms with Gasteiger partial charge in [0.2, 0.25) is 0 Å². The van der Waals surface area contributed by atoms with Crippen LogP contribution in [0.4, 0.5) is 0 Å². The molecule has 0 fully saturated rings. The van der Waals surface area contributed by atoms with Crippen LogP contribution in [-0.4, -0.2) is 39.9 Å². The first-order chi connectivity index (χ1) is 20.8. The van der Waals surface area contributed by atoms with Gasteiger partial charge in [-0.3, -0.25) is 0 Å². The molecule has 10 heteroatoms. The molecule has 2 N–H and O–H groups in total. The van der Waals surface area contributed by atoms with E-state index < -0.39 is 0 Å². The van der Waals surface area contributed by atoms with Gasteiger partial charge in [-0.2, -0.15) is 0 Å². The molecule has 42 heavy (non-hydrogen) atoms.